The number of alkyl halides is 2. The van der Waals surface area contributed by atoms with Gasteiger partial charge in [0.25, 0.3) is 6.43 Å². The molecule has 1 aromatic rings. The van der Waals surface area contributed by atoms with E-state index in [-0.39, 0.29) is 6.61 Å². The first-order valence-electron chi connectivity index (χ1n) is 5.33. The van der Waals surface area contributed by atoms with Crippen LogP contribution in [0.1, 0.15) is 25.6 Å². The Bertz CT molecular complexity index is 337. The van der Waals surface area contributed by atoms with E-state index in [4.69, 9.17) is 15.0 Å². The molecule has 1 rings (SSSR count). The van der Waals surface area contributed by atoms with Crippen LogP contribution in [0.2, 0.25) is 0 Å². The molecule has 0 saturated heterocycles. The Labute approximate surface area is 98.3 Å². The highest BCUT2D eigenvalue weighted by atomic mass is 19.3. The Morgan fingerprint density at radius 3 is 2.76 bits per heavy atom. The van der Waals surface area contributed by atoms with Gasteiger partial charge in [-0.05, 0) is 13.8 Å². The van der Waals surface area contributed by atoms with Gasteiger partial charge in [-0.2, -0.15) is 4.98 Å². The molecule has 0 atom stereocenters. The van der Waals surface area contributed by atoms with Gasteiger partial charge < -0.3 is 15.0 Å². The van der Waals surface area contributed by atoms with E-state index in [0.29, 0.717) is 24.6 Å². The molecular formula is C10H17F2N3O2. The summed E-state index contributed by atoms with van der Waals surface area (Å²) < 4.78 is 33.2. The van der Waals surface area contributed by atoms with Crippen molar-refractivity contribution in [2.45, 2.75) is 38.7 Å². The Kier molecular flexibility index (Phi) is 4.95. The summed E-state index contributed by atoms with van der Waals surface area (Å²) in [6, 6.07) is 0. The maximum Gasteiger partial charge on any atom is 0.261 e. The van der Waals surface area contributed by atoms with E-state index in [1.807, 2.05) is 13.8 Å². The first kappa shape index (κ1) is 14.0. The van der Waals surface area contributed by atoms with Crippen molar-refractivity contribution in [2.75, 3.05) is 13.2 Å². The Morgan fingerprint density at radius 1 is 1.47 bits per heavy atom. The van der Waals surface area contributed by atoms with E-state index in [9.17, 15) is 8.78 Å². The molecule has 0 unspecified atom stereocenters. The molecule has 2 N–H and O–H groups in total. The van der Waals surface area contributed by atoms with Crippen molar-refractivity contribution >= 4 is 0 Å². The van der Waals surface area contributed by atoms with Gasteiger partial charge in [-0.1, -0.05) is 5.16 Å². The summed E-state index contributed by atoms with van der Waals surface area (Å²) in [6.45, 7) is 3.28. The van der Waals surface area contributed by atoms with Crippen molar-refractivity contribution in [1.29, 1.82) is 0 Å². The molecule has 0 aliphatic carbocycles. The molecule has 0 aliphatic heterocycles. The normalized spacial score (nSPS) is 12.4. The summed E-state index contributed by atoms with van der Waals surface area (Å²) in [6.07, 6.45) is -1.63. The van der Waals surface area contributed by atoms with Crippen molar-refractivity contribution in [3.63, 3.8) is 0 Å². The van der Waals surface area contributed by atoms with Crippen LogP contribution in [0, 0.1) is 0 Å². The predicted octanol–water partition coefficient (Wildman–Crippen LogP) is 1.17. The van der Waals surface area contributed by atoms with Crippen LogP contribution in [-0.4, -0.2) is 35.3 Å². The van der Waals surface area contributed by atoms with E-state index in [1.54, 1.807) is 0 Å². The smallest absolute Gasteiger partial charge is 0.261 e. The summed E-state index contributed by atoms with van der Waals surface area (Å²) in [5.74, 6) is 0.889. The van der Waals surface area contributed by atoms with E-state index < -0.39 is 18.6 Å². The van der Waals surface area contributed by atoms with Crippen molar-refractivity contribution in [2.24, 2.45) is 5.73 Å². The summed E-state index contributed by atoms with van der Waals surface area (Å²) in [7, 11) is 0. The maximum atomic E-state index is 11.8. The zero-order chi connectivity index (χ0) is 12.9. The average Bonchev–Trinajstić information content (AvgIpc) is 2.57. The van der Waals surface area contributed by atoms with Crippen molar-refractivity contribution in [3.05, 3.63) is 11.7 Å². The predicted molar refractivity (Wildman–Crippen MR) is 56.8 cm³/mol. The molecule has 0 aliphatic rings. The second kappa shape index (κ2) is 6.02. The van der Waals surface area contributed by atoms with Crippen LogP contribution in [0.25, 0.3) is 0 Å². The number of hydrogen-bond donors (Lipinski definition) is 1. The number of rotatable bonds is 7. The first-order chi connectivity index (χ1) is 7.87. The molecule has 5 nitrogen and oxygen atoms in total. The summed E-state index contributed by atoms with van der Waals surface area (Å²) >= 11 is 0. The Morgan fingerprint density at radius 2 is 2.18 bits per heavy atom. The van der Waals surface area contributed by atoms with Gasteiger partial charge >= 0.3 is 0 Å². The van der Waals surface area contributed by atoms with Crippen LogP contribution in [0.3, 0.4) is 0 Å². The molecule has 7 heteroatoms. The average molecular weight is 249 g/mol. The fraction of sp³-hybridized carbons (Fsp3) is 0.800. The van der Waals surface area contributed by atoms with E-state index >= 15 is 0 Å². The molecule has 1 aromatic heterocycles. The monoisotopic (exact) mass is 249 g/mol. The van der Waals surface area contributed by atoms with Crippen molar-refractivity contribution < 1.29 is 18.0 Å². The van der Waals surface area contributed by atoms with Crippen LogP contribution in [0.4, 0.5) is 8.78 Å². The summed E-state index contributed by atoms with van der Waals surface area (Å²) in [4.78, 5) is 4.09. The van der Waals surface area contributed by atoms with Gasteiger partial charge in [-0.25, -0.2) is 8.78 Å². The highest BCUT2D eigenvalue weighted by molar-refractivity contribution is 4.92. The minimum Gasteiger partial charge on any atom is -0.375 e. The largest absolute Gasteiger partial charge is 0.375 e. The standard InChI is InChI=1S/C10H17F2N3O2/c1-10(2,13)5-9-14-8(15-17-9)3-4-16-6-7(11)12/h7H,3-6,13H2,1-2H3. The zero-order valence-electron chi connectivity index (χ0n) is 9.95. The lowest BCUT2D eigenvalue weighted by Gasteiger charge is -2.14. The molecule has 0 spiro atoms. The number of aromatic nitrogens is 2. The van der Waals surface area contributed by atoms with Gasteiger partial charge in [-0.3, -0.25) is 0 Å². The first-order valence-corrected chi connectivity index (χ1v) is 5.33. The maximum absolute atomic E-state index is 11.8. The fourth-order valence-corrected chi connectivity index (χ4v) is 1.19. The highest BCUT2D eigenvalue weighted by Gasteiger charge is 2.16. The molecular weight excluding hydrogens is 232 g/mol. The molecule has 0 amide bonds. The van der Waals surface area contributed by atoms with E-state index in [0.717, 1.165) is 0 Å². The molecule has 0 bridgehead atoms. The van der Waals surface area contributed by atoms with Gasteiger partial charge in [-0.15, -0.1) is 0 Å². The second-order valence-electron chi connectivity index (χ2n) is 4.49. The fourth-order valence-electron chi connectivity index (χ4n) is 1.19. The van der Waals surface area contributed by atoms with Gasteiger partial charge in [0, 0.05) is 18.4 Å². The van der Waals surface area contributed by atoms with Crippen LogP contribution >= 0.6 is 0 Å². The van der Waals surface area contributed by atoms with Crippen LogP contribution in [0.5, 0.6) is 0 Å². The highest BCUT2D eigenvalue weighted by Crippen LogP contribution is 2.08. The minimum absolute atomic E-state index is 0.148. The molecule has 98 valence electrons. The van der Waals surface area contributed by atoms with Crippen LogP contribution < -0.4 is 5.73 Å². The summed E-state index contributed by atoms with van der Waals surface area (Å²) in [5, 5.41) is 3.71. The number of hydrogen-bond acceptors (Lipinski definition) is 5. The lowest BCUT2D eigenvalue weighted by atomic mass is 10.0. The third-order valence-electron chi connectivity index (χ3n) is 1.83. The SMILES string of the molecule is CC(C)(N)Cc1nc(CCOCC(F)F)no1. The number of nitrogens with two attached hydrogens (primary N) is 1. The third kappa shape index (κ3) is 6.28. The molecule has 1 heterocycles. The van der Waals surface area contributed by atoms with Gasteiger partial charge in [0.2, 0.25) is 5.89 Å². The van der Waals surface area contributed by atoms with E-state index in [1.165, 1.54) is 0 Å². The Hall–Kier alpha value is -1.08. The molecule has 0 saturated carbocycles. The second-order valence-corrected chi connectivity index (χ2v) is 4.49. The van der Waals surface area contributed by atoms with Crippen LogP contribution in [0.15, 0.2) is 4.52 Å². The number of nitrogens with zero attached hydrogens (tertiary/aromatic N) is 2. The van der Waals surface area contributed by atoms with Crippen molar-refractivity contribution in [3.8, 4) is 0 Å². The number of ether oxygens (including phenoxy) is 1. The lowest BCUT2D eigenvalue weighted by molar-refractivity contribution is 0.0182. The van der Waals surface area contributed by atoms with Gasteiger partial charge in [0.15, 0.2) is 5.82 Å². The Balaban J connectivity index is 2.31. The molecule has 0 aromatic carbocycles. The molecule has 17 heavy (non-hydrogen) atoms. The quantitative estimate of drug-likeness (QED) is 0.734. The molecule has 0 fully saturated rings. The zero-order valence-corrected chi connectivity index (χ0v) is 9.95. The topological polar surface area (TPSA) is 74.2 Å². The number of halogens is 2. The van der Waals surface area contributed by atoms with Crippen LogP contribution in [-0.2, 0) is 17.6 Å². The van der Waals surface area contributed by atoms with Gasteiger partial charge in [0.05, 0.1) is 6.61 Å². The third-order valence-corrected chi connectivity index (χ3v) is 1.83. The van der Waals surface area contributed by atoms with E-state index in [2.05, 4.69) is 10.1 Å². The molecule has 0 radical (unpaired) electrons. The minimum atomic E-state index is -2.45. The summed E-state index contributed by atoms with van der Waals surface area (Å²) in [5.41, 5.74) is 5.38. The lowest BCUT2D eigenvalue weighted by Crippen LogP contribution is -2.34. The van der Waals surface area contributed by atoms with Crippen molar-refractivity contribution in [1.82, 2.24) is 10.1 Å². The van der Waals surface area contributed by atoms with Gasteiger partial charge in [0.1, 0.15) is 6.61 Å².